The topological polar surface area (TPSA) is 61.0 Å². The zero-order valence-electron chi connectivity index (χ0n) is 12.9. The maximum absolute atomic E-state index is 12.4. The average Bonchev–Trinajstić information content (AvgIpc) is 3.00. The lowest BCUT2D eigenvalue weighted by Gasteiger charge is -2.27. The first-order valence-electron chi connectivity index (χ1n) is 7.76. The van der Waals surface area contributed by atoms with E-state index in [1.54, 1.807) is 0 Å². The van der Waals surface area contributed by atoms with Crippen LogP contribution in [0.2, 0.25) is 0 Å². The molecule has 0 radical (unpaired) electrons. The number of fused-ring (bicyclic) bond motifs is 1. The molecule has 1 fully saturated rings. The summed E-state index contributed by atoms with van der Waals surface area (Å²) in [7, 11) is 0. The van der Waals surface area contributed by atoms with Crippen LogP contribution >= 0.6 is 11.3 Å². The van der Waals surface area contributed by atoms with Crippen molar-refractivity contribution < 1.29 is 0 Å². The van der Waals surface area contributed by atoms with Gasteiger partial charge in [0.2, 0.25) is 5.95 Å². The number of piperazine rings is 1. The molecule has 2 N–H and O–H groups in total. The van der Waals surface area contributed by atoms with Crippen LogP contribution in [-0.2, 0) is 0 Å². The van der Waals surface area contributed by atoms with Gasteiger partial charge in [-0.15, -0.1) is 11.3 Å². The molecule has 3 aromatic rings. The fraction of sp³-hybridized carbons (Fsp3) is 0.294. The number of hydrogen-bond acceptors (Lipinski definition) is 5. The SMILES string of the molecule is Cc1cccc(-c2csc3c(=O)[nH]c(N4CCNCC4)nc23)c1. The van der Waals surface area contributed by atoms with E-state index in [1.165, 1.54) is 16.9 Å². The van der Waals surface area contributed by atoms with Crippen molar-refractivity contribution in [3.8, 4) is 11.1 Å². The molecule has 1 aliphatic heterocycles. The van der Waals surface area contributed by atoms with E-state index in [1.807, 2.05) is 11.4 Å². The van der Waals surface area contributed by atoms with Crippen molar-refractivity contribution in [3.63, 3.8) is 0 Å². The molecule has 1 saturated heterocycles. The van der Waals surface area contributed by atoms with Crippen molar-refractivity contribution in [3.05, 3.63) is 45.6 Å². The lowest BCUT2D eigenvalue weighted by Crippen LogP contribution is -2.44. The molecular formula is C17H18N4OS. The summed E-state index contributed by atoms with van der Waals surface area (Å²) in [5, 5.41) is 5.35. The van der Waals surface area contributed by atoms with E-state index in [4.69, 9.17) is 4.98 Å². The third kappa shape index (κ3) is 2.64. The highest BCUT2D eigenvalue weighted by molar-refractivity contribution is 7.17. The van der Waals surface area contributed by atoms with Crippen molar-refractivity contribution in [1.82, 2.24) is 15.3 Å². The van der Waals surface area contributed by atoms with Crippen molar-refractivity contribution >= 4 is 27.5 Å². The predicted molar refractivity (Wildman–Crippen MR) is 95.5 cm³/mol. The first-order valence-corrected chi connectivity index (χ1v) is 8.64. The van der Waals surface area contributed by atoms with E-state index in [9.17, 15) is 4.79 Å². The first kappa shape index (κ1) is 14.4. The van der Waals surface area contributed by atoms with Gasteiger partial charge in [-0.1, -0.05) is 29.8 Å². The predicted octanol–water partition coefficient (Wildman–Crippen LogP) is 2.37. The number of benzene rings is 1. The van der Waals surface area contributed by atoms with Gasteiger partial charge >= 0.3 is 0 Å². The van der Waals surface area contributed by atoms with Gasteiger partial charge in [-0.3, -0.25) is 9.78 Å². The molecule has 0 spiro atoms. The fourth-order valence-corrected chi connectivity index (χ4v) is 3.87. The molecule has 6 heteroatoms. The number of aromatic amines is 1. The van der Waals surface area contributed by atoms with Crippen molar-refractivity contribution in [2.24, 2.45) is 0 Å². The van der Waals surface area contributed by atoms with Crippen LogP contribution in [0.1, 0.15) is 5.56 Å². The normalized spacial score (nSPS) is 15.3. The van der Waals surface area contributed by atoms with E-state index < -0.39 is 0 Å². The number of aromatic nitrogens is 2. The van der Waals surface area contributed by atoms with Crippen molar-refractivity contribution in [2.75, 3.05) is 31.1 Å². The van der Waals surface area contributed by atoms with E-state index in [2.05, 4.69) is 40.3 Å². The molecule has 1 aromatic carbocycles. The Kier molecular flexibility index (Phi) is 3.63. The Bertz CT molecular complexity index is 908. The van der Waals surface area contributed by atoms with Gasteiger partial charge in [-0.2, -0.15) is 0 Å². The number of thiophene rings is 1. The van der Waals surface area contributed by atoms with Crippen LogP contribution in [-0.4, -0.2) is 36.1 Å². The number of H-pyrrole nitrogens is 1. The van der Waals surface area contributed by atoms with E-state index in [0.29, 0.717) is 10.6 Å². The quantitative estimate of drug-likeness (QED) is 0.759. The van der Waals surface area contributed by atoms with E-state index in [-0.39, 0.29) is 5.56 Å². The summed E-state index contributed by atoms with van der Waals surface area (Å²) in [6, 6.07) is 8.32. The number of rotatable bonds is 2. The minimum atomic E-state index is -0.0487. The van der Waals surface area contributed by atoms with Gasteiger partial charge in [0.15, 0.2) is 0 Å². The Morgan fingerprint density at radius 1 is 1.26 bits per heavy atom. The molecule has 1 aliphatic rings. The Morgan fingerprint density at radius 2 is 2.09 bits per heavy atom. The third-order valence-corrected chi connectivity index (χ3v) is 5.13. The lowest BCUT2D eigenvalue weighted by molar-refractivity contribution is 0.580. The summed E-state index contributed by atoms with van der Waals surface area (Å²) in [6.45, 7) is 5.62. The molecule has 23 heavy (non-hydrogen) atoms. The Morgan fingerprint density at radius 3 is 2.87 bits per heavy atom. The third-order valence-electron chi connectivity index (χ3n) is 4.16. The highest BCUT2D eigenvalue weighted by Gasteiger charge is 2.17. The number of nitrogens with one attached hydrogen (secondary N) is 2. The van der Waals surface area contributed by atoms with E-state index >= 15 is 0 Å². The average molecular weight is 326 g/mol. The van der Waals surface area contributed by atoms with Gasteiger partial charge < -0.3 is 10.2 Å². The molecule has 5 nitrogen and oxygen atoms in total. The smallest absolute Gasteiger partial charge is 0.270 e. The minimum absolute atomic E-state index is 0.0487. The Balaban J connectivity index is 1.86. The zero-order chi connectivity index (χ0) is 15.8. The Hall–Kier alpha value is -2.18. The number of anilines is 1. The summed E-state index contributed by atoms with van der Waals surface area (Å²) >= 11 is 1.46. The molecule has 118 valence electrons. The maximum Gasteiger partial charge on any atom is 0.270 e. The van der Waals surface area contributed by atoms with Crippen LogP contribution in [0, 0.1) is 6.92 Å². The summed E-state index contributed by atoms with van der Waals surface area (Å²) in [5.74, 6) is 0.677. The van der Waals surface area contributed by atoms with Crippen LogP contribution < -0.4 is 15.8 Å². The van der Waals surface area contributed by atoms with E-state index in [0.717, 1.165) is 42.8 Å². The van der Waals surface area contributed by atoms with Gasteiger partial charge in [0, 0.05) is 37.1 Å². The fourth-order valence-electron chi connectivity index (χ4n) is 2.96. The molecule has 0 aliphatic carbocycles. The van der Waals surface area contributed by atoms with Gasteiger partial charge in [-0.25, -0.2) is 4.98 Å². The van der Waals surface area contributed by atoms with Gasteiger partial charge in [0.05, 0.1) is 5.52 Å². The largest absolute Gasteiger partial charge is 0.340 e. The summed E-state index contributed by atoms with van der Waals surface area (Å²) in [5.41, 5.74) is 4.11. The van der Waals surface area contributed by atoms with Crippen molar-refractivity contribution in [2.45, 2.75) is 6.92 Å². The van der Waals surface area contributed by atoms with Crippen LogP contribution in [0.5, 0.6) is 0 Å². The summed E-state index contributed by atoms with van der Waals surface area (Å²) in [4.78, 5) is 22.3. The molecule has 2 aromatic heterocycles. The summed E-state index contributed by atoms with van der Waals surface area (Å²) in [6.07, 6.45) is 0. The zero-order valence-corrected chi connectivity index (χ0v) is 13.7. The molecule has 0 unspecified atom stereocenters. The van der Waals surface area contributed by atoms with Gasteiger partial charge in [0.25, 0.3) is 5.56 Å². The molecule has 4 rings (SSSR count). The molecule has 0 bridgehead atoms. The molecular weight excluding hydrogens is 308 g/mol. The molecule has 0 atom stereocenters. The minimum Gasteiger partial charge on any atom is -0.340 e. The second-order valence-corrected chi connectivity index (χ2v) is 6.70. The number of aryl methyl sites for hydroxylation is 1. The maximum atomic E-state index is 12.4. The van der Waals surface area contributed by atoms with Gasteiger partial charge in [-0.05, 0) is 12.5 Å². The summed E-state index contributed by atoms with van der Waals surface area (Å²) < 4.78 is 0.695. The molecule has 0 amide bonds. The van der Waals surface area contributed by atoms with Crippen LogP contribution in [0.3, 0.4) is 0 Å². The molecule has 3 heterocycles. The van der Waals surface area contributed by atoms with Crippen LogP contribution in [0.25, 0.3) is 21.3 Å². The number of hydrogen-bond donors (Lipinski definition) is 2. The second-order valence-electron chi connectivity index (χ2n) is 5.82. The monoisotopic (exact) mass is 326 g/mol. The Labute approximate surface area is 138 Å². The van der Waals surface area contributed by atoms with Crippen LogP contribution in [0.4, 0.5) is 5.95 Å². The van der Waals surface area contributed by atoms with Gasteiger partial charge in [0.1, 0.15) is 4.70 Å². The van der Waals surface area contributed by atoms with Crippen LogP contribution in [0.15, 0.2) is 34.4 Å². The second kappa shape index (κ2) is 5.79. The first-order chi connectivity index (χ1) is 11.2. The highest BCUT2D eigenvalue weighted by atomic mass is 32.1. The van der Waals surface area contributed by atoms with Crippen molar-refractivity contribution in [1.29, 1.82) is 0 Å². The number of nitrogens with zero attached hydrogens (tertiary/aromatic N) is 2. The molecule has 0 saturated carbocycles. The lowest BCUT2D eigenvalue weighted by atomic mass is 10.1. The standard InChI is InChI=1S/C17H18N4OS/c1-11-3-2-4-12(9-11)13-10-23-15-14(13)19-17(20-16(15)22)21-7-5-18-6-8-21/h2-4,9-10,18H,5-8H2,1H3,(H,19,20,22). The highest BCUT2D eigenvalue weighted by Crippen LogP contribution is 2.32.